The Morgan fingerprint density at radius 3 is 1.65 bits per heavy atom. The Balaban J connectivity index is 1.11. The molecule has 0 unspecified atom stereocenters. The van der Waals surface area contributed by atoms with Gasteiger partial charge in [-0.15, -0.1) is 0 Å². The fourth-order valence-corrected chi connectivity index (χ4v) is 6.78. The molecule has 0 aliphatic rings. The summed E-state index contributed by atoms with van der Waals surface area (Å²) >= 11 is 0. The smallest absolute Gasteiger partial charge is 0.227 e. The molecule has 0 bridgehead atoms. The van der Waals surface area contributed by atoms with Crippen molar-refractivity contribution in [1.82, 2.24) is 4.98 Å². The number of benzene rings is 8. The highest BCUT2D eigenvalue weighted by atomic mass is 16.3. The van der Waals surface area contributed by atoms with E-state index in [1.165, 1.54) is 21.9 Å². The summed E-state index contributed by atoms with van der Waals surface area (Å²) in [6.45, 7) is 0. The molecule has 1 aromatic heterocycles. The number of para-hydroxylation sites is 1. The van der Waals surface area contributed by atoms with Gasteiger partial charge in [0.15, 0.2) is 5.58 Å². The van der Waals surface area contributed by atoms with Crippen LogP contribution in [0.3, 0.4) is 0 Å². The summed E-state index contributed by atoms with van der Waals surface area (Å²) in [5.74, 6) is 0.633. The first-order valence-corrected chi connectivity index (χ1v) is 16.2. The zero-order chi connectivity index (χ0) is 31.9. The van der Waals surface area contributed by atoms with Crippen LogP contribution < -0.4 is 4.90 Å². The van der Waals surface area contributed by atoms with E-state index >= 15 is 0 Å². The minimum atomic E-state index is 0.633. The Hall–Kier alpha value is -6.45. The highest BCUT2D eigenvalue weighted by molar-refractivity contribution is 6.11. The molecule has 9 rings (SSSR count). The lowest BCUT2D eigenvalue weighted by molar-refractivity contribution is 0.623. The standard InChI is InChI=1S/C45H30N2O/c1-3-13-34(14-4-1)45-46-43-30-42(40-19-9-10-20-41(40)44(43)48-45)33-24-28-37(29-25-33)47(35-16-5-2-6-17-35)36-26-22-32(23-27-36)39-21-11-15-31-12-7-8-18-38(31)39/h1-30H. The Morgan fingerprint density at radius 2 is 0.938 bits per heavy atom. The highest BCUT2D eigenvalue weighted by Gasteiger charge is 2.17. The van der Waals surface area contributed by atoms with Crippen LogP contribution in [0.5, 0.6) is 0 Å². The van der Waals surface area contributed by atoms with Gasteiger partial charge in [-0.1, -0.05) is 127 Å². The van der Waals surface area contributed by atoms with Gasteiger partial charge in [0.1, 0.15) is 5.52 Å². The lowest BCUT2D eigenvalue weighted by atomic mass is 9.97. The molecule has 9 aromatic rings. The Bertz CT molecular complexity index is 2530. The molecule has 48 heavy (non-hydrogen) atoms. The van der Waals surface area contributed by atoms with Crippen LogP contribution in [0.4, 0.5) is 17.1 Å². The molecule has 3 heteroatoms. The second-order valence-corrected chi connectivity index (χ2v) is 12.0. The average Bonchev–Trinajstić information content (AvgIpc) is 3.61. The molecule has 0 radical (unpaired) electrons. The van der Waals surface area contributed by atoms with Crippen LogP contribution in [0.2, 0.25) is 0 Å². The zero-order valence-electron chi connectivity index (χ0n) is 26.1. The summed E-state index contributed by atoms with van der Waals surface area (Å²) in [5.41, 5.74) is 10.6. The molecule has 226 valence electrons. The number of rotatable bonds is 6. The number of hydrogen-bond donors (Lipinski definition) is 0. The third kappa shape index (κ3) is 4.90. The average molecular weight is 615 g/mol. The van der Waals surface area contributed by atoms with Gasteiger partial charge in [0.05, 0.1) is 0 Å². The van der Waals surface area contributed by atoms with Crippen molar-refractivity contribution in [3.63, 3.8) is 0 Å². The zero-order valence-corrected chi connectivity index (χ0v) is 26.1. The van der Waals surface area contributed by atoms with Crippen molar-refractivity contribution >= 4 is 49.7 Å². The van der Waals surface area contributed by atoms with Crippen molar-refractivity contribution in [2.45, 2.75) is 0 Å². The molecular weight excluding hydrogens is 585 g/mol. The number of anilines is 3. The number of fused-ring (bicyclic) bond motifs is 4. The molecule has 0 N–H and O–H groups in total. The Kier molecular flexibility index (Phi) is 6.80. The molecule has 0 amide bonds. The van der Waals surface area contributed by atoms with E-state index in [1.807, 2.05) is 30.3 Å². The van der Waals surface area contributed by atoms with Gasteiger partial charge in [-0.05, 0) is 93.0 Å². The minimum absolute atomic E-state index is 0.633. The van der Waals surface area contributed by atoms with Gasteiger partial charge in [0.25, 0.3) is 0 Å². The van der Waals surface area contributed by atoms with Gasteiger partial charge in [-0.2, -0.15) is 0 Å². The van der Waals surface area contributed by atoms with E-state index in [-0.39, 0.29) is 0 Å². The van der Waals surface area contributed by atoms with Crippen molar-refractivity contribution in [1.29, 1.82) is 0 Å². The quantitative estimate of drug-likeness (QED) is 0.187. The molecule has 0 saturated heterocycles. The van der Waals surface area contributed by atoms with Gasteiger partial charge in [0.2, 0.25) is 5.89 Å². The molecule has 3 nitrogen and oxygen atoms in total. The monoisotopic (exact) mass is 614 g/mol. The molecule has 8 aromatic carbocycles. The van der Waals surface area contributed by atoms with Crippen LogP contribution in [-0.4, -0.2) is 4.98 Å². The van der Waals surface area contributed by atoms with E-state index in [9.17, 15) is 0 Å². The van der Waals surface area contributed by atoms with Gasteiger partial charge in [0, 0.05) is 28.0 Å². The maximum absolute atomic E-state index is 6.35. The van der Waals surface area contributed by atoms with Gasteiger partial charge < -0.3 is 9.32 Å². The van der Waals surface area contributed by atoms with E-state index in [0.29, 0.717) is 5.89 Å². The number of oxazole rings is 1. The van der Waals surface area contributed by atoms with E-state index in [0.717, 1.165) is 55.6 Å². The van der Waals surface area contributed by atoms with E-state index < -0.39 is 0 Å². The fraction of sp³-hybridized carbons (Fsp3) is 0. The largest absolute Gasteiger partial charge is 0.435 e. The first kappa shape index (κ1) is 27.8. The molecule has 0 atom stereocenters. The molecule has 0 aliphatic carbocycles. The molecule has 0 fully saturated rings. The second-order valence-electron chi connectivity index (χ2n) is 12.0. The first-order valence-electron chi connectivity index (χ1n) is 16.2. The summed E-state index contributed by atoms with van der Waals surface area (Å²) in [6.07, 6.45) is 0. The summed E-state index contributed by atoms with van der Waals surface area (Å²) in [6, 6.07) is 64.0. The summed E-state index contributed by atoms with van der Waals surface area (Å²) < 4.78 is 6.35. The predicted octanol–water partition coefficient (Wildman–Crippen LogP) is 12.6. The summed E-state index contributed by atoms with van der Waals surface area (Å²) in [7, 11) is 0. The molecule has 1 heterocycles. The lowest BCUT2D eigenvalue weighted by Gasteiger charge is -2.26. The topological polar surface area (TPSA) is 29.3 Å². The summed E-state index contributed by atoms with van der Waals surface area (Å²) in [5, 5.41) is 4.70. The van der Waals surface area contributed by atoms with Crippen LogP contribution in [-0.2, 0) is 0 Å². The van der Waals surface area contributed by atoms with Crippen molar-refractivity contribution in [3.05, 3.63) is 182 Å². The number of aromatic nitrogens is 1. The Morgan fingerprint density at radius 1 is 0.396 bits per heavy atom. The normalized spacial score (nSPS) is 11.3. The number of hydrogen-bond acceptors (Lipinski definition) is 3. The Labute approximate surface area is 279 Å². The van der Waals surface area contributed by atoms with Crippen LogP contribution in [0.15, 0.2) is 186 Å². The third-order valence-corrected chi connectivity index (χ3v) is 9.09. The SMILES string of the molecule is c1ccc(-c2nc3cc(-c4ccc(N(c5ccccc5)c5ccc(-c6cccc7ccccc67)cc5)cc4)c4ccccc4c3o2)cc1. The molecule has 0 saturated carbocycles. The van der Waals surface area contributed by atoms with Crippen LogP contribution in [0.25, 0.3) is 66.4 Å². The van der Waals surface area contributed by atoms with Crippen molar-refractivity contribution in [2.75, 3.05) is 4.90 Å². The highest BCUT2D eigenvalue weighted by Crippen LogP contribution is 2.40. The molecular formula is C45H30N2O. The fourth-order valence-electron chi connectivity index (χ4n) is 6.78. The molecule has 0 aliphatic heterocycles. The van der Waals surface area contributed by atoms with Crippen molar-refractivity contribution < 1.29 is 4.42 Å². The van der Waals surface area contributed by atoms with Crippen LogP contribution >= 0.6 is 0 Å². The van der Waals surface area contributed by atoms with Gasteiger partial charge in [-0.25, -0.2) is 4.98 Å². The van der Waals surface area contributed by atoms with Gasteiger partial charge in [-0.3, -0.25) is 0 Å². The lowest BCUT2D eigenvalue weighted by Crippen LogP contribution is -2.09. The minimum Gasteiger partial charge on any atom is -0.435 e. The van der Waals surface area contributed by atoms with Crippen molar-refractivity contribution in [3.8, 4) is 33.7 Å². The van der Waals surface area contributed by atoms with E-state index in [2.05, 4.69) is 157 Å². The maximum Gasteiger partial charge on any atom is 0.227 e. The van der Waals surface area contributed by atoms with Gasteiger partial charge >= 0.3 is 0 Å². The maximum atomic E-state index is 6.35. The number of nitrogens with zero attached hydrogens (tertiary/aromatic N) is 2. The third-order valence-electron chi connectivity index (χ3n) is 9.09. The van der Waals surface area contributed by atoms with E-state index in [4.69, 9.17) is 9.40 Å². The van der Waals surface area contributed by atoms with Crippen molar-refractivity contribution in [2.24, 2.45) is 0 Å². The molecule has 0 spiro atoms. The van der Waals surface area contributed by atoms with Crippen LogP contribution in [0, 0.1) is 0 Å². The predicted molar refractivity (Wildman–Crippen MR) is 200 cm³/mol. The summed E-state index contributed by atoms with van der Waals surface area (Å²) in [4.78, 5) is 7.22. The van der Waals surface area contributed by atoms with Crippen LogP contribution in [0.1, 0.15) is 0 Å². The van der Waals surface area contributed by atoms with E-state index in [1.54, 1.807) is 0 Å². The first-order chi connectivity index (χ1) is 23.8. The second kappa shape index (κ2) is 11.7.